The maximum absolute atomic E-state index is 12.9. The van der Waals surface area contributed by atoms with E-state index in [9.17, 15) is 9.59 Å². The molecule has 1 amide bonds. The Morgan fingerprint density at radius 2 is 1.67 bits per heavy atom. The van der Waals surface area contributed by atoms with Crippen LogP contribution < -0.4 is 5.56 Å². The van der Waals surface area contributed by atoms with E-state index in [4.69, 9.17) is 0 Å². The summed E-state index contributed by atoms with van der Waals surface area (Å²) in [4.78, 5) is 29.3. The van der Waals surface area contributed by atoms with Crippen LogP contribution in [0.2, 0.25) is 0 Å². The molecule has 0 saturated heterocycles. The fourth-order valence-electron chi connectivity index (χ4n) is 3.44. The van der Waals surface area contributed by atoms with Crippen LogP contribution in [0.25, 0.3) is 0 Å². The minimum Gasteiger partial charge on any atom is -0.331 e. The summed E-state index contributed by atoms with van der Waals surface area (Å²) < 4.78 is 0. The molecular formula is C17H24N2O2. The van der Waals surface area contributed by atoms with Gasteiger partial charge in [0.05, 0.1) is 0 Å². The third-order valence-electron chi connectivity index (χ3n) is 4.77. The van der Waals surface area contributed by atoms with Crippen LogP contribution in [0.15, 0.2) is 16.9 Å². The standard InChI is InChI=1S/C17H24N2O2/c1-11-3-5-13(6-4-11)19(14-7-8-14)17(21)15-9-12(2)10-16(20)18-15/h9-11,13-14H,3-8H2,1-2H3,(H,18,20). The molecule has 4 nitrogen and oxygen atoms in total. The fraction of sp³-hybridized carbons (Fsp3) is 0.647. The number of aromatic nitrogens is 1. The first kappa shape index (κ1) is 14.4. The third-order valence-corrected chi connectivity index (χ3v) is 4.77. The highest BCUT2D eigenvalue weighted by molar-refractivity contribution is 5.93. The van der Waals surface area contributed by atoms with Gasteiger partial charge < -0.3 is 9.88 Å². The lowest BCUT2D eigenvalue weighted by Gasteiger charge is -2.36. The van der Waals surface area contributed by atoms with Gasteiger partial charge in [0.15, 0.2) is 0 Å². The molecule has 1 aromatic rings. The first-order chi connectivity index (χ1) is 10.0. The van der Waals surface area contributed by atoms with Crippen LogP contribution in [0.5, 0.6) is 0 Å². The molecule has 1 aromatic heterocycles. The number of aromatic amines is 1. The lowest BCUT2D eigenvalue weighted by Crippen LogP contribution is -2.44. The second-order valence-electron chi connectivity index (χ2n) is 6.79. The zero-order chi connectivity index (χ0) is 15.0. The lowest BCUT2D eigenvalue weighted by molar-refractivity contribution is 0.0586. The first-order valence-electron chi connectivity index (χ1n) is 8.08. The Morgan fingerprint density at radius 1 is 1.10 bits per heavy atom. The van der Waals surface area contributed by atoms with Gasteiger partial charge in [0, 0.05) is 18.2 Å². The molecule has 1 N–H and O–H groups in total. The Kier molecular flexibility index (Phi) is 3.87. The van der Waals surface area contributed by atoms with Crippen LogP contribution >= 0.6 is 0 Å². The van der Waals surface area contributed by atoms with Gasteiger partial charge in [-0.3, -0.25) is 9.59 Å². The molecule has 2 aliphatic rings. The number of pyridine rings is 1. The molecule has 21 heavy (non-hydrogen) atoms. The van der Waals surface area contributed by atoms with E-state index in [1.165, 1.54) is 18.9 Å². The molecule has 0 radical (unpaired) electrons. The monoisotopic (exact) mass is 288 g/mol. The van der Waals surface area contributed by atoms with Gasteiger partial charge in [-0.05, 0) is 63.0 Å². The molecule has 114 valence electrons. The van der Waals surface area contributed by atoms with Crippen LogP contribution in [0.4, 0.5) is 0 Å². The average molecular weight is 288 g/mol. The highest BCUT2D eigenvalue weighted by Crippen LogP contribution is 2.36. The second-order valence-corrected chi connectivity index (χ2v) is 6.79. The predicted molar refractivity (Wildman–Crippen MR) is 82.4 cm³/mol. The number of carbonyl (C=O) groups is 1. The molecule has 2 fully saturated rings. The van der Waals surface area contributed by atoms with Gasteiger partial charge in [0.1, 0.15) is 5.69 Å². The van der Waals surface area contributed by atoms with Gasteiger partial charge in [0.2, 0.25) is 5.56 Å². The molecular weight excluding hydrogens is 264 g/mol. The van der Waals surface area contributed by atoms with Crippen molar-refractivity contribution in [3.8, 4) is 0 Å². The molecule has 3 rings (SSSR count). The summed E-state index contributed by atoms with van der Waals surface area (Å²) in [5.74, 6) is 0.786. The summed E-state index contributed by atoms with van der Waals surface area (Å²) in [5.41, 5.74) is 1.10. The number of hydrogen-bond donors (Lipinski definition) is 1. The second kappa shape index (κ2) is 5.66. The summed E-state index contributed by atoms with van der Waals surface area (Å²) in [7, 11) is 0. The quantitative estimate of drug-likeness (QED) is 0.930. The number of aryl methyl sites for hydroxylation is 1. The van der Waals surface area contributed by atoms with Gasteiger partial charge >= 0.3 is 0 Å². The van der Waals surface area contributed by atoms with Gasteiger partial charge in [-0.15, -0.1) is 0 Å². The van der Waals surface area contributed by atoms with E-state index < -0.39 is 0 Å². The van der Waals surface area contributed by atoms with E-state index in [0.29, 0.717) is 17.8 Å². The van der Waals surface area contributed by atoms with Gasteiger partial charge in [-0.2, -0.15) is 0 Å². The highest BCUT2D eigenvalue weighted by atomic mass is 16.2. The number of nitrogens with zero attached hydrogens (tertiary/aromatic N) is 1. The fourth-order valence-corrected chi connectivity index (χ4v) is 3.44. The zero-order valence-electron chi connectivity index (χ0n) is 12.9. The van der Waals surface area contributed by atoms with E-state index in [-0.39, 0.29) is 11.5 Å². The minimum absolute atomic E-state index is 0.0119. The molecule has 2 saturated carbocycles. The first-order valence-corrected chi connectivity index (χ1v) is 8.08. The summed E-state index contributed by atoms with van der Waals surface area (Å²) in [5, 5.41) is 0. The number of H-pyrrole nitrogens is 1. The van der Waals surface area contributed by atoms with E-state index in [0.717, 1.165) is 37.2 Å². The number of amides is 1. The molecule has 0 aromatic carbocycles. The molecule has 0 unspecified atom stereocenters. The van der Waals surface area contributed by atoms with Crippen molar-refractivity contribution < 1.29 is 4.79 Å². The van der Waals surface area contributed by atoms with Crippen LogP contribution in [-0.4, -0.2) is 27.9 Å². The van der Waals surface area contributed by atoms with Crippen LogP contribution in [0, 0.1) is 12.8 Å². The summed E-state index contributed by atoms with van der Waals surface area (Å²) in [6, 6.07) is 4.07. The van der Waals surface area contributed by atoms with Crippen LogP contribution in [-0.2, 0) is 0 Å². The summed E-state index contributed by atoms with van der Waals surface area (Å²) in [6.07, 6.45) is 6.80. The lowest BCUT2D eigenvalue weighted by atomic mass is 9.86. The van der Waals surface area contributed by atoms with E-state index in [1.807, 2.05) is 6.92 Å². The molecule has 0 atom stereocenters. The van der Waals surface area contributed by atoms with Crippen molar-refractivity contribution in [2.75, 3.05) is 0 Å². The van der Waals surface area contributed by atoms with Crippen molar-refractivity contribution in [1.82, 2.24) is 9.88 Å². The molecule has 4 heteroatoms. The van der Waals surface area contributed by atoms with Crippen molar-refractivity contribution >= 4 is 5.91 Å². The number of carbonyl (C=O) groups excluding carboxylic acids is 1. The normalized spacial score (nSPS) is 25.6. The smallest absolute Gasteiger partial charge is 0.270 e. The summed E-state index contributed by atoms with van der Waals surface area (Å²) >= 11 is 0. The zero-order valence-corrected chi connectivity index (χ0v) is 12.9. The van der Waals surface area contributed by atoms with Gasteiger partial charge in [-0.1, -0.05) is 6.92 Å². The Balaban J connectivity index is 1.83. The molecule has 1 heterocycles. The predicted octanol–water partition coefficient (Wildman–Crippen LogP) is 2.87. The third kappa shape index (κ3) is 3.20. The van der Waals surface area contributed by atoms with E-state index >= 15 is 0 Å². The molecule has 0 spiro atoms. The average Bonchev–Trinajstić information content (AvgIpc) is 3.24. The minimum atomic E-state index is -0.189. The maximum atomic E-state index is 12.9. The topological polar surface area (TPSA) is 53.2 Å². The van der Waals surface area contributed by atoms with Crippen molar-refractivity contribution in [3.05, 3.63) is 33.7 Å². The Bertz CT molecular complexity index is 581. The van der Waals surface area contributed by atoms with Gasteiger partial charge in [-0.25, -0.2) is 0 Å². The molecule has 0 aliphatic heterocycles. The van der Waals surface area contributed by atoms with Crippen molar-refractivity contribution in [3.63, 3.8) is 0 Å². The van der Waals surface area contributed by atoms with Gasteiger partial charge in [0.25, 0.3) is 5.91 Å². The van der Waals surface area contributed by atoms with Crippen molar-refractivity contribution in [1.29, 1.82) is 0 Å². The SMILES string of the molecule is Cc1cc(C(=O)N(C2CCC(C)CC2)C2CC2)[nH]c(=O)c1. The van der Waals surface area contributed by atoms with E-state index in [2.05, 4.69) is 16.8 Å². The van der Waals surface area contributed by atoms with Crippen LogP contribution in [0.1, 0.15) is 61.5 Å². The Hall–Kier alpha value is -1.58. The molecule has 2 aliphatic carbocycles. The Morgan fingerprint density at radius 3 is 2.19 bits per heavy atom. The summed E-state index contributed by atoms with van der Waals surface area (Å²) in [6.45, 7) is 4.15. The van der Waals surface area contributed by atoms with Crippen molar-refractivity contribution in [2.24, 2.45) is 5.92 Å². The number of hydrogen-bond acceptors (Lipinski definition) is 2. The maximum Gasteiger partial charge on any atom is 0.270 e. The largest absolute Gasteiger partial charge is 0.331 e. The Labute approximate surface area is 125 Å². The number of nitrogens with one attached hydrogen (secondary N) is 1. The highest BCUT2D eigenvalue weighted by Gasteiger charge is 2.39. The van der Waals surface area contributed by atoms with Crippen molar-refractivity contribution in [2.45, 2.75) is 64.5 Å². The van der Waals surface area contributed by atoms with Crippen LogP contribution in [0.3, 0.4) is 0 Å². The number of rotatable bonds is 3. The molecule has 0 bridgehead atoms. The van der Waals surface area contributed by atoms with E-state index in [1.54, 1.807) is 6.07 Å².